The van der Waals surface area contributed by atoms with Gasteiger partial charge in [0.05, 0.1) is 11.9 Å². The minimum Gasteiger partial charge on any atom is -0.320 e. The van der Waals surface area contributed by atoms with Crippen LogP contribution in [0, 0.1) is 11.6 Å². The van der Waals surface area contributed by atoms with Crippen LogP contribution in [0.25, 0.3) is 5.69 Å². The minimum atomic E-state index is -0.775. The second-order valence-corrected chi connectivity index (χ2v) is 4.47. The van der Waals surface area contributed by atoms with Gasteiger partial charge in [-0.05, 0) is 24.3 Å². The van der Waals surface area contributed by atoms with E-state index in [9.17, 15) is 13.6 Å². The number of nitrogens with zero attached hydrogens (tertiary/aromatic N) is 3. The molecule has 1 amide bonds. The Labute approximate surface area is 124 Å². The van der Waals surface area contributed by atoms with Gasteiger partial charge < -0.3 is 5.32 Å². The van der Waals surface area contributed by atoms with E-state index in [-0.39, 0.29) is 11.4 Å². The SMILES string of the molecule is O=C(Nc1cc(F)cc(F)c1)c1cnn(-c2ccccc2)n1. The Hall–Kier alpha value is -3.09. The summed E-state index contributed by atoms with van der Waals surface area (Å²) in [5.74, 6) is -2.15. The summed E-state index contributed by atoms with van der Waals surface area (Å²) in [4.78, 5) is 13.3. The molecule has 0 saturated carbocycles. The zero-order valence-corrected chi connectivity index (χ0v) is 11.2. The van der Waals surface area contributed by atoms with Crippen LogP contribution in [0.2, 0.25) is 0 Å². The quantitative estimate of drug-likeness (QED) is 0.809. The lowest BCUT2D eigenvalue weighted by atomic mass is 10.3. The molecule has 0 unspecified atom stereocenters. The fourth-order valence-electron chi connectivity index (χ4n) is 1.87. The number of para-hydroxylation sites is 1. The van der Waals surface area contributed by atoms with Gasteiger partial charge in [-0.25, -0.2) is 8.78 Å². The zero-order chi connectivity index (χ0) is 15.5. The van der Waals surface area contributed by atoms with Crippen molar-refractivity contribution in [2.45, 2.75) is 0 Å². The third-order valence-corrected chi connectivity index (χ3v) is 2.83. The molecule has 1 N–H and O–H groups in total. The van der Waals surface area contributed by atoms with Crippen molar-refractivity contribution >= 4 is 11.6 Å². The Bertz CT molecular complexity index is 797. The highest BCUT2D eigenvalue weighted by atomic mass is 19.1. The summed E-state index contributed by atoms with van der Waals surface area (Å²) in [7, 11) is 0. The largest absolute Gasteiger partial charge is 0.320 e. The van der Waals surface area contributed by atoms with Crippen LogP contribution in [0.5, 0.6) is 0 Å². The van der Waals surface area contributed by atoms with Crippen LogP contribution >= 0.6 is 0 Å². The Morgan fingerprint density at radius 3 is 2.41 bits per heavy atom. The maximum atomic E-state index is 13.1. The predicted octanol–water partition coefficient (Wildman–Crippen LogP) is 2.80. The number of nitrogens with one attached hydrogen (secondary N) is 1. The lowest BCUT2D eigenvalue weighted by Crippen LogP contribution is -2.13. The average Bonchev–Trinajstić information content (AvgIpc) is 2.97. The molecule has 0 fully saturated rings. The summed E-state index contributed by atoms with van der Waals surface area (Å²) in [6.07, 6.45) is 1.28. The van der Waals surface area contributed by atoms with Crippen molar-refractivity contribution in [2.75, 3.05) is 5.32 Å². The molecule has 0 bridgehead atoms. The Kier molecular flexibility index (Phi) is 3.61. The van der Waals surface area contributed by atoms with Crippen LogP contribution in [0.4, 0.5) is 14.5 Å². The van der Waals surface area contributed by atoms with E-state index < -0.39 is 17.5 Å². The summed E-state index contributed by atoms with van der Waals surface area (Å²) in [6, 6.07) is 11.8. The standard InChI is InChI=1S/C15H10F2N4O/c16-10-6-11(17)8-12(7-10)19-15(22)14-9-18-21(20-14)13-4-2-1-3-5-13/h1-9H,(H,19,22). The lowest BCUT2D eigenvalue weighted by molar-refractivity contribution is 0.102. The Balaban J connectivity index is 1.80. The molecule has 0 saturated heterocycles. The van der Waals surface area contributed by atoms with Crippen molar-refractivity contribution < 1.29 is 13.6 Å². The molecule has 0 atom stereocenters. The molecule has 0 aliphatic heterocycles. The summed E-state index contributed by atoms with van der Waals surface area (Å²) in [5.41, 5.74) is 0.739. The summed E-state index contributed by atoms with van der Waals surface area (Å²) >= 11 is 0. The smallest absolute Gasteiger partial charge is 0.277 e. The predicted molar refractivity (Wildman–Crippen MR) is 75.7 cm³/mol. The van der Waals surface area contributed by atoms with Gasteiger partial charge in [-0.1, -0.05) is 18.2 Å². The highest BCUT2D eigenvalue weighted by Gasteiger charge is 2.12. The number of carbonyl (C=O) groups is 1. The third-order valence-electron chi connectivity index (χ3n) is 2.83. The number of benzene rings is 2. The summed E-state index contributed by atoms with van der Waals surface area (Å²) < 4.78 is 26.2. The van der Waals surface area contributed by atoms with Gasteiger partial charge in [0.1, 0.15) is 11.6 Å². The Morgan fingerprint density at radius 1 is 1.05 bits per heavy atom. The molecule has 22 heavy (non-hydrogen) atoms. The van der Waals surface area contributed by atoms with E-state index in [0.717, 1.165) is 18.2 Å². The van der Waals surface area contributed by atoms with Crippen LogP contribution in [-0.2, 0) is 0 Å². The molecule has 7 heteroatoms. The van der Waals surface area contributed by atoms with Crippen molar-refractivity contribution in [3.63, 3.8) is 0 Å². The maximum absolute atomic E-state index is 13.1. The van der Waals surface area contributed by atoms with E-state index in [2.05, 4.69) is 15.5 Å². The number of anilines is 1. The Morgan fingerprint density at radius 2 is 1.73 bits per heavy atom. The summed E-state index contributed by atoms with van der Waals surface area (Å²) in [6.45, 7) is 0. The molecule has 3 rings (SSSR count). The van der Waals surface area contributed by atoms with E-state index in [0.29, 0.717) is 5.69 Å². The van der Waals surface area contributed by atoms with Gasteiger partial charge in [-0.2, -0.15) is 9.90 Å². The normalized spacial score (nSPS) is 10.5. The molecular formula is C15H10F2N4O. The number of amides is 1. The number of hydrogen-bond acceptors (Lipinski definition) is 3. The summed E-state index contributed by atoms with van der Waals surface area (Å²) in [5, 5.41) is 10.4. The van der Waals surface area contributed by atoms with Crippen LogP contribution in [0.1, 0.15) is 10.5 Å². The molecule has 0 radical (unpaired) electrons. The van der Waals surface area contributed by atoms with E-state index in [4.69, 9.17) is 0 Å². The number of hydrogen-bond donors (Lipinski definition) is 1. The first-order valence-corrected chi connectivity index (χ1v) is 6.37. The molecule has 1 aromatic heterocycles. The molecule has 3 aromatic rings. The van der Waals surface area contributed by atoms with Crippen LogP contribution in [0.3, 0.4) is 0 Å². The third kappa shape index (κ3) is 2.98. The molecule has 1 heterocycles. The van der Waals surface area contributed by atoms with Crippen molar-refractivity contribution in [3.8, 4) is 5.69 Å². The second kappa shape index (κ2) is 5.72. The first kappa shape index (κ1) is 13.9. The molecular weight excluding hydrogens is 290 g/mol. The average molecular weight is 300 g/mol. The van der Waals surface area contributed by atoms with Crippen molar-refractivity contribution in [2.24, 2.45) is 0 Å². The van der Waals surface area contributed by atoms with Gasteiger partial charge in [0.15, 0.2) is 5.69 Å². The fourth-order valence-corrected chi connectivity index (χ4v) is 1.87. The number of halogens is 2. The molecule has 2 aromatic carbocycles. The first-order valence-electron chi connectivity index (χ1n) is 6.37. The van der Waals surface area contributed by atoms with Crippen molar-refractivity contribution in [1.82, 2.24) is 15.0 Å². The topological polar surface area (TPSA) is 59.8 Å². The highest BCUT2D eigenvalue weighted by molar-refractivity contribution is 6.02. The van der Waals surface area contributed by atoms with E-state index in [1.807, 2.05) is 18.2 Å². The second-order valence-electron chi connectivity index (χ2n) is 4.47. The molecule has 110 valence electrons. The van der Waals surface area contributed by atoms with E-state index in [1.54, 1.807) is 12.1 Å². The molecule has 5 nitrogen and oxygen atoms in total. The van der Waals surface area contributed by atoms with Crippen molar-refractivity contribution in [1.29, 1.82) is 0 Å². The zero-order valence-electron chi connectivity index (χ0n) is 11.2. The number of carbonyl (C=O) groups excluding carboxylic acids is 1. The number of rotatable bonds is 3. The van der Waals surface area contributed by atoms with Crippen LogP contribution in [-0.4, -0.2) is 20.9 Å². The van der Waals surface area contributed by atoms with Gasteiger partial charge in [-0.3, -0.25) is 4.79 Å². The molecule has 0 aliphatic rings. The maximum Gasteiger partial charge on any atom is 0.277 e. The van der Waals surface area contributed by atoms with Crippen LogP contribution < -0.4 is 5.32 Å². The lowest BCUT2D eigenvalue weighted by Gasteiger charge is -2.03. The highest BCUT2D eigenvalue weighted by Crippen LogP contribution is 2.14. The fraction of sp³-hybridized carbons (Fsp3) is 0. The minimum absolute atomic E-state index is 0.0109. The first-order chi connectivity index (χ1) is 10.6. The van der Waals surface area contributed by atoms with Gasteiger partial charge in [0.2, 0.25) is 0 Å². The van der Waals surface area contributed by atoms with Gasteiger partial charge in [0, 0.05) is 11.8 Å². The van der Waals surface area contributed by atoms with Gasteiger partial charge in [-0.15, -0.1) is 5.10 Å². The van der Waals surface area contributed by atoms with Crippen LogP contribution in [0.15, 0.2) is 54.7 Å². The molecule has 0 aliphatic carbocycles. The van der Waals surface area contributed by atoms with E-state index in [1.165, 1.54) is 11.0 Å². The van der Waals surface area contributed by atoms with Crippen molar-refractivity contribution in [3.05, 3.63) is 72.1 Å². The van der Waals surface area contributed by atoms with Gasteiger partial charge in [0.25, 0.3) is 5.91 Å². The van der Waals surface area contributed by atoms with E-state index >= 15 is 0 Å². The number of aromatic nitrogens is 3. The molecule has 0 spiro atoms. The van der Waals surface area contributed by atoms with Gasteiger partial charge >= 0.3 is 0 Å². The monoisotopic (exact) mass is 300 g/mol.